The molecular weight excluding hydrogens is 242 g/mol. The van der Waals surface area contributed by atoms with Crippen LogP contribution in [0.3, 0.4) is 0 Å². The number of hydrogen-bond donors (Lipinski definition) is 1. The fraction of sp³-hybridized carbons (Fsp3) is 0.857. The smallest absolute Gasteiger partial charge is 0.0855 e. The van der Waals surface area contributed by atoms with E-state index >= 15 is 0 Å². The van der Waals surface area contributed by atoms with Crippen molar-refractivity contribution < 1.29 is 9.84 Å². The molecule has 0 amide bonds. The van der Waals surface area contributed by atoms with E-state index in [9.17, 15) is 5.11 Å². The van der Waals surface area contributed by atoms with Gasteiger partial charge in [-0.2, -0.15) is 0 Å². The summed E-state index contributed by atoms with van der Waals surface area (Å²) in [6.07, 6.45) is 9.99. The zero-order valence-corrected chi connectivity index (χ0v) is 11.4. The number of nitrogens with zero attached hydrogens (tertiary/aromatic N) is 3. The van der Waals surface area contributed by atoms with Gasteiger partial charge in [-0.1, -0.05) is 24.5 Å². The quantitative estimate of drug-likeness (QED) is 0.906. The average Bonchev–Trinajstić information content (AvgIpc) is 2.88. The van der Waals surface area contributed by atoms with Crippen LogP contribution in [0.1, 0.15) is 56.7 Å². The molecule has 0 bridgehead atoms. The summed E-state index contributed by atoms with van der Waals surface area (Å²) < 4.78 is 7.33. The van der Waals surface area contributed by atoms with E-state index in [4.69, 9.17) is 4.74 Å². The van der Waals surface area contributed by atoms with Gasteiger partial charge in [-0.25, -0.2) is 4.68 Å². The second-order valence-corrected chi connectivity index (χ2v) is 6.00. The maximum atomic E-state index is 10.5. The lowest BCUT2D eigenvalue weighted by Gasteiger charge is -2.31. The minimum absolute atomic E-state index is 0.413. The predicted octanol–water partition coefficient (Wildman–Crippen LogP) is 1.87. The van der Waals surface area contributed by atoms with Crippen molar-refractivity contribution in [3.05, 3.63) is 11.9 Å². The van der Waals surface area contributed by atoms with Crippen LogP contribution in [0.15, 0.2) is 6.20 Å². The lowest BCUT2D eigenvalue weighted by molar-refractivity contribution is 0.00362. The number of rotatable bonds is 3. The van der Waals surface area contributed by atoms with Crippen LogP contribution >= 0.6 is 0 Å². The highest BCUT2D eigenvalue weighted by Gasteiger charge is 2.30. The first-order chi connectivity index (χ1) is 9.25. The largest absolute Gasteiger partial charge is 0.389 e. The van der Waals surface area contributed by atoms with Gasteiger partial charge >= 0.3 is 0 Å². The lowest BCUT2D eigenvalue weighted by atomic mass is 9.82. The van der Waals surface area contributed by atoms with E-state index < -0.39 is 5.60 Å². The molecule has 1 aromatic heterocycles. The summed E-state index contributed by atoms with van der Waals surface area (Å²) in [7, 11) is 0. The van der Waals surface area contributed by atoms with E-state index in [-0.39, 0.29) is 0 Å². The normalized spacial score (nSPS) is 24.5. The molecule has 2 heterocycles. The highest BCUT2D eigenvalue weighted by Crippen LogP contribution is 2.31. The van der Waals surface area contributed by atoms with Crippen LogP contribution in [-0.2, 0) is 11.2 Å². The summed E-state index contributed by atoms with van der Waals surface area (Å²) in [5.74, 6) is 0. The van der Waals surface area contributed by atoms with E-state index in [1.807, 2.05) is 10.9 Å². The molecule has 0 spiro atoms. The first kappa shape index (κ1) is 13.1. The van der Waals surface area contributed by atoms with Crippen LogP contribution in [0.25, 0.3) is 0 Å². The Hall–Kier alpha value is -0.940. The molecule has 3 rings (SSSR count). The Bertz CT molecular complexity index is 407. The Balaban J connectivity index is 1.63. The third kappa shape index (κ3) is 3.15. The van der Waals surface area contributed by atoms with Crippen LogP contribution in [0.4, 0.5) is 0 Å². The summed E-state index contributed by atoms with van der Waals surface area (Å²) in [6.45, 7) is 1.62. The second kappa shape index (κ2) is 5.59. The van der Waals surface area contributed by atoms with E-state index in [0.29, 0.717) is 12.5 Å². The fourth-order valence-corrected chi connectivity index (χ4v) is 3.25. The zero-order chi connectivity index (χ0) is 13.1. The number of aliphatic hydroxyl groups is 1. The van der Waals surface area contributed by atoms with Gasteiger partial charge in [0.25, 0.3) is 0 Å². The van der Waals surface area contributed by atoms with Crippen LogP contribution < -0.4 is 0 Å². The highest BCUT2D eigenvalue weighted by atomic mass is 16.5. The molecule has 1 aliphatic heterocycles. The Labute approximate surface area is 114 Å². The summed E-state index contributed by atoms with van der Waals surface area (Å²) in [5.41, 5.74) is 0.380. The third-order valence-electron chi connectivity index (χ3n) is 4.42. The van der Waals surface area contributed by atoms with Crippen molar-refractivity contribution in [2.24, 2.45) is 0 Å². The van der Waals surface area contributed by atoms with Gasteiger partial charge in [0.1, 0.15) is 0 Å². The van der Waals surface area contributed by atoms with E-state index in [1.165, 1.54) is 6.42 Å². The number of ether oxygens (including phenoxy) is 1. The lowest BCUT2D eigenvalue weighted by Crippen LogP contribution is -2.33. The first-order valence-corrected chi connectivity index (χ1v) is 7.46. The molecular formula is C14H23N3O2. The van der Waals surface area contributed by atoms with Gasteiger partial charge in [0.15, 0.2) is 0 Å². The van der Waals surface area contributed by atoms with E-state index in [2.05, 4.69) is 10.3 Å². The second-order valence-electron chi connectivity index (χ2n) is 6.00. The van der Waals surface area contributed by atoms with Crippen LogP contribution in [0.5, 0.6) is 0 Å². The monoisotopic (exact) mass is 265 g/mol. The van der Waals surface area contributed by atoms with Crippen molar-refractivity contribution in [2.45, 2.75) is 63.0 Å². The molecule has 5 nitrogen and oxygen atoms in total. The van der Waals surface area contributed by atoms with Gasteiger partial charge in [0, 0.05) is 25.8 Å². The Morgan fingerprint density at radius 3 is 2.74 bits per heavy atom. The molecule has 0 unspecified atom stereocenters. The molecule has 5 heteroatoms. The molecule has 2 fully saturated rings. The van der Waals surface area contributed by atoms with Crippen LogP contribution in [0, 0.1) is 0 Å². The Morgan fingerprint density at radius 2 is 2.00 bits per heavy atom. The molecule has 1 saturated carbocycles. The maximum Gasteiger partial charge on any atom is 0.0855 e. The van der Waals surface area contributed by atoms with Crippen molar-refractivity contribution in [2.75, 3.05) is 13.2 Å². The minimum atomic E-state index is -0.547. The van der Waals surface area contributed by atoms with Crippen molar-refractivity contribution in [1.29, 1.82) is 0 Å². The third-order valence-corrected chi connectivity index (χ3v) is 4.42. The maximum absolute atomic E-state index is 10.5. The van der Waals surface area contributed by atoms with Gasteiger partial charge < -0.3 is 9.84 Å². The molecule has 0 atom stereocenters. The van der Waals surface area contributed by atoms with Crippen molar-refractivity contribution in [1.82, 2.24) is 15.0 Å². The number of aromatic nitrogens is 3. The molecule has 1 aromatic rings. The Kier molecular flexibility index (Phi) is 3.84. The van der Waals surface area contributed by atoms with Crippen LogP contribution in [0.2, 0.25) is 0 Å². The molecule has 0 radical (unpaired) electrons. The number of hydrogen-bond acceptors (Lipinski definition) is 4. The first-order valence-electron chi connectivity index (χ1n) is 7.46. The minimum Gasteiger partial charge on any atom is -0.389 e. The summed E-state index contributed by atoms with van der Waals surface area (Å²) in [5, 5.41) is 19.0. The SMILES string of the molecule is OC1(Cc2cn(C3CCOCC3)nn2)CCCCC1. The molecule has 1 aliphatic carbocycles. The van der Waals surface area contributed by atoms with Gasteiger partial charge in [0.2, 0.25) is 0 Å². The highest BCUT2D eigenvalue weighted by molar-refractivity contribution is 5.01. The topological polar surface area (TPSA) is 60.2 Å². The van der Waals surface area contributed by atoms with Gasteiger partial charge in [-0.3, -0.25) is 0 Å². The van der Waals surface area contributed by atoms with Gasteiger partial charge in [-0.15, -0.1) is 5.10 Å². The molecule has 19 heavy (non-hydrogen) atoms. The summed E-state index contributed by atoms with van der Waals surface area (Å²) in [6, 6.07) is 0.413. The van der Waals surface area contributed by atoms with Crippen molar-refractivity contribution >= 4 is 0 Å². The van der Waals surface area contributed by atoms with Gasteiger partial charge in [0.05, 0.1) is 17.3 Å². The molecule has 0 aromatic carbocycles. The standard InChI is InChI=1S/C14H23N3O2/c18-14(6-2-1-3-7-14)10-12-11-17(16-15-12)13-4-8-19-9-5-13/h11,13,18H,1-10H2. The van der Waals surface area contributed by atoms with Gasteiger partial charge in [-0.05, 0) is 25.7 Å². The molecule has 1 N–H and O–H groups in total. The Morgan fingerprint density at radius 1 is 1.26 bits per heavy atom. The van der Waals surface area contributed by atoms with E-state index in [1.54, 1.807) is 0 Å². The fourth-order valence-electron chi connectivity index (χ4n) is 3.25. The molecule has 2 aliphatic rings. The average molecular weight is 265 g/mol. The van der Waals surface area contributed by atoms with Crippen LogP contribution in [-0.4, -0.2) is 38.9 Å². The molecule has 106 valence electrons. The zero-order valence-electron chi connectivity index (χ0n) is 11.4. The van der Waals surface area contributed by atoms with Crippen molar-refractivity contribution in [3.63, 3.8) is 0 Å². The molecule has 1 saturated heterocycles. The summed E-state index contributed by atoms with van der Waals surface area (Å²) >= 11 is 0. The predicted molar refractivity (Wildman–Crippen MR) is 70.9 cm³/mol. The van der Waals surface area contributed by atoms with E-state index in [0.717, 1.165) is 57.4 Å². The van der Waals surface area contributed by atoms with Crippen molar-refractivity contribution in [3.8, 4) is 0 Å². The summed E-state index contributed by atoms with van der Waals surface area (Å²) in [4.78, 5) is 0.